The van der Waals surface area contributed by atoms with Crippen LogP contribution in [0.3, 0.4) is 0 Å². The summed E-state index contributed by atoms with van der Waals surface area (Å²) in [5, 5.41) is 10.5. The minimum atomic E-state index is -0.476. The first-order valence-corrected chi connectivity index (χ1v) is 5.96. The SMILES string of the molecule is CC1CCC(CN)(C(O)c2cccnc2)C1. The van der Waals surface area contributed by atoms with Gasteiger partial charge in [0.1, 0.15) is 0 Å². The molecule has 0 aromatic carbocycles. The van der Waals surface area contributed by atoms with E-state index < -0.39 is 6.10 Å². The lowest BCUT2D eigenvalue weighted by molar-refractivity contribution is 0.0305. The van der Waals surface area contributed by atoms with Gasteiger partial charge in [-0.15, -0.1) is 0 Å². The third kappa shape index (κ3) is 1.97. The van der Waals surface area contributed by atoms with E-state index in [4.69, 9.17) is 5.73 Å². The van der Waals surface area contributed by atoms with Crippen LogP contribution >= 0.6 is 0 Å². The summed E-state index contributed by atoms with van der Waals surface area (Å²) in [6.07, 6.45) is 6.18. The van der Waals surface area contributed by atoms with E-state index in [1.54, 1.807) is 12.4 Å². The van der Waals surface area contributed by atoms with Crippen molar-refractivity contribution in [2.45, 2.75) is 32.3 Å². The van der Waals surface area contributed by atoms with Crippen molar-refractivity contribution in [1.82, 2.24) is 4.98 Å². The third-order valence-electron chi connectivity index (χ3n) is 3.88. The number of nitrogens with zero attached hydrogens (tertiary/aromatic N) is 1. The Morgan fingerprint density at radius 2 is 2.50 bits per heavy atom. The van der Waals surface area contributed by atoms with Gasteiger partial charge < -0.3 is 10.8 Å². The molecule has 0 saturated heterocycles. The summed E-state index contributed by atoms with van der Waals surface area (Å²) in [6, 6.07) is 3.79. The van der Waals surface area contributed by atoms with Gasteiger partial charge in [-0.3, -0.25) is 4.98 Å². The van der Waals surface area contributed by atoms with Gasteiger partial charge in [0.2, 0.25) is 0 Å². The molecular weight excluding hydrogens is 200 g/mol. The molecule has 2 rings (SSSR count). The Morgan fingerprint density at radius 1 is 1.69 bits per heavy atom. The maximum Gasteiger partial charge on any atom is 0.0873 e. The zero-order valence-electron chi connectivity index (χ0n) is 9.76. The Hall–Kier alpha value is -0.930. The largest absolute Gasteiger partial charge is 0.388 e. The molecule has 3 nitrogen and oxygen atoms in total. The van der Waals surface area contributed by atoms with E-state index in [1.165, 1.54) is 0 Å². The summed E-state index contributed by atoms with van der Waals surface area (Å²) < 4.78 is 0. The third-order valence-corrected chi connectivity index (χ3v) is 3.88. The zero-order valence-corrected chi connectivity index (χ0v) is 9.76. The molecule has 1 aliphatic rings. The maximum absolute atomic E-state index is 10.5. The highest BCUT2D eigenvalue weighted by Crippen LogP contribution is 2.48. The predicted octanol–water partition coefficient (Wildman–Crippen LogP) is 1.88. The van der Waals surface area contributed by atoms with E-state index in [-0.39, 0.29) is 5.41 Å². The van der Waals surface area contributed by atoms with E-state index in [0.29, 0.717) is 12.5 Å². The molecule has 1 fully saturated rings. The highest BCUT2D eigenvalue weighted by molar-refractivity contribution is 5.16. The van der Waals surface area contributed by atoms with Crippen LogP contribution in [0.2, 0.25) is 0 Å². The first-order chi connectivity index (χ1) is 7.68. The molecule has 3 atom stereocenters. The smallest absolute Gasteiger partial charge is 0.0873 e. The minimum absolute atomic E-state index is 0.136. The molecule has 1 aliphatic carbocycles. The van der Waals surface area contributed by atoms with Crippen LogP contribution in [0.4, 0.5) is 0 Å². The fraction of sp³-hybridized carbons (Fsp3) is 0.615. The van der Waals surface area contributed by atoms with Gasteiger partial charge in [-0.2, -0.15) is 0 Å². The van der Waals surface area contributed by atoms with Crippen molar-refractivity contribution in [2.24, 2.45) is 17.1 Å². The summed E-state index contributed by atoms with van der Waals surface area (Å²) >= 11 is 0. The lowest BCUT2D eigenvalue weighted by Crippen LogP contribution is -2.34. The quantitative estimate of drug-likeness (QED) is 0.817. The number of hydrogen-bond donors (Lipinski definition) is 2. The van der Waals surface area contributed by atoms with Crippen molar-refractivity contribution in [3.8, 4) is 0 Å². The Morgan fingerprint density at radius 3 is 3.00 bits per heavy atom. The summed E-state index contributed by atoms with van der Waals surface area (Å²) in [6.45, 7) is 2.78. The molecule has 3 unspecified atom stereocenters. The summed E-state index contributed by atoms with van der Waals surface area (Å²) in [5.41, 5.74) is 6.64. The average Bonchev–Trinajstić information content (AvgIpc) is 2.72. The van der Waals surface area contributed by atoms with Crippen LogP contribution in [0.1, 0.15) is 37.9 Å². The van der Waals surface area contributed by atoms with Crippen LogP contribution in [0, 0.1) is 11.3 Å². The van der Waals surface area contributed by atoms with Crippen molar-refractivity contribution >= 4 is 0 Å². The number of nitrogens with two attached hydrogens (primary N) is 1. The Bertz CT molecular complexity index is 341. The van der Waals surface area contributed by atoms with Crippen LogP contribution in [0.25, 0.3) is 0 Å². The van der Waals surface area contributed by atoms with Crippen molar-refractivity contribution < 1.29 is 5.11 Å². The van der Waals surface area contributed by atoms with Gasteiger partial charge in [0.25, 0.3) is 0 Å². The molecule has 1 saturated carbocycles. The number of rotatable bonds is 3. The van der Waals surface area contributed by atoms with Gasteiger partial charge >= 0.3 is 0 Å². The summed E-state index contributed by atoms with van der Waals surface area (Å²) in [4.78, 5) is 4.06. The van der Waals surface area contributed by atoms with E-state index >= 15 is 0 Å². The minimum Gasteiger partial charge on any atom is -0.388 e. The van der Waals surface area contributed by atoms with Gasteiger partial charge in [-0.1, -0.05) is 19.4 Å². The Balaban J connectivity index is 2.22. The fourth-order valence-corrected chi connectivity index (χ4v) is 2.87. The van der Waals surface area contributed by atoms with Crippen molar-refractivity contribution in [3.63, 3.8) is 0 Å². The topological polar surface area (TPSA) is 59.1 Å². The second kappa shape index (κ2) is 4.52. The predicted molar refractivity (Wildman–Crippen MR) is 63.7 cm³/mol. The van der Waals surface area contributed by atoms with Gasteiger partial charge in [0, 0.05) is 24.4 Å². The molecular formula is C13H20N2O. The molecule has 0 bridgehead atoms. The monoisotopic (exact) mass is 220 g/mol. The van der Waals surface area contributed by atoms with Crippen LogP contribution < -0.4 is 5.73 Å². The van der Waals surface area contributed by atoms with E-state index in [1.807, 2.05) is 12.1 Å². The number of hydrogen-bond acceptors (Lipinski definition) is 3. The van der Waals surface area contributed by atoms with Crippen molar-refractivity contribution in [2.75, 3.05) is 6.54 Å². The summed E-state index contributed by atoms with van der Waals surface area (Å²) in [7, 11) is 0. The standard InChI is InChI=1S/C13H20N2O/c1-10-4-5-13(7-10,9-14)12(16)11-3-2-6-15-8-11/h2-3,6,8,10,12,16H,4-5,7,9,14H2,1H3. The maximum atomic E-state index is 10.5. The van der Waals surface area contributed by atoms with Gasteiger partial charge in [-0.05, 0) is 30.4 Å². The van der Waals surface area contributed by atoms with Crippen LogP contribution in [0.5, 0.6) is 0 Å². The molecule has 88 valence electrons. The Labute approximate surface area is 96.7 Å². The molecule has 1 aromatic heterocycles. The highest BCUT2D eigenvalue weighted by atomic mass is 16.3. The highest BCUT2D eigenvalue weighted by Gasteiger charge is 2.42. The number of aromatic nitrogens is 1. The molecule has 0 amide bonds. The first-order valence-electron chi connectivity index (χ1n) is 5.96. The summed E-state index contributed by atoms with van der Waals surface area (Å²) in [5.74, 6) is 0.662. The molecule has 0 radical (unpaired) electrons. The first kappa shape index (κ1) is 11.6. The van der Waals surface area contributed by atoms with Gasteiger partial charge in [0.05, 0.1) is 6.10 Å². The second-order valence-electron chi connectivity index (χ2n) is 5.10. The normalized spacial score (nSPS) is 31.6. The lowest BCUT2D eigenvalue weighted by Gasteiger charge is -2.33. The van der Waals surface area contributed by atoms with Crippen LogP contribution in [-0.4, -0.2) is 16.6 Å². The van der Waals surface area contributed by atoms with Crippen molar-refractivity contribution in [1.29, 1.82) is 0 Å². The zero-order chi connectivity index (χ0) is 11.6. The van der Waals surface area contributed by atoms with Crippen molar-refractivity contribution in [3.05, 3.63) is 30.1 Å². The lowest BCUT2D eigenvalue weighted by atomic mass is 9.77. The molecule has 16 heavy (non-hydrogen) atoms. The molecule has 1 heterocycles. The number of aliphatic hydroxyl groups is 1. The van der Waals surface area contributed by atoms with Crippen LogP contribution in [0.15, 0.2) is 24.5 Å². The molecule has 3 heteroatoms. The van der Waals surface area contributed by atoms with E-state index in [0.717, 1.165) is 24.8 Å². The average molecular weight is 220 g/mol. The number of pyridine rings is 1. The van der Waals surface area contributed by atoms with Crippen LogP contribution in [-0.2, 0) is 0 Å². The van der Waals surface area contributed by atoms with E-state index in [2.05, 4.69) is 11.9 Å². The second-order valence-corrected chi connectivity index (χ2v) is 5.10. The molecule has 0 aliphatic heterocycles. The molecule has 1 aromatic rings. The van der Waals surface area contributed by atoms with E-state index in [9.17, 15) is 5.11 Å². The number of aliphatic hydroxyl groups excluding tert-OH is 1. The Kier molecular flexibility index (Phi) is 3.26. The fourth-order valence-electron chi connectivity index (χ4n) is 2.87. The van der Waals surface area contributed by atoms with Gasteiger partial charge in [0.15, 0.2) is 0 Å². The van der Waals surface area contributed by atoms with Gasteiger partial charge in [-0.25, -0.2) is 0 Å². The molecule has 0 spiro atoms. The molecule has 3 N–H and O–H groups in total.